The number of nitrogens with zero attached hydrogens (tertiary/aromatic N) is 3. The molecule has 0 aromatic heterocycles. The van der Waals surface area contributed by atoms with Gasteiger partial charge in [-0.25, -0.2) is 0 Å². The van der Waals surface area contributed by atoms with Gasteiger partial charge in [0.15, 0.2) is 0 Å². The summed E-state index contributed by atoms with van der Waals surface area (Å²) in [6, 6.07) is 0. The summed E-state index contributed by atoms with van der Waals surface area (Å²) in [5.74, 6) is -2.24. The van der Waals surface area contributed by atoms with Crippen molar-refractivity contribution >= 4 is 30.4 Å². The molecule has 0 bridgehead atoms. The molecule has 10 heteroatoms. The molecule has 0 fully saturated rings. The Hall–Kier alpha value is -0.831. The Kier molecular flexibility index (Phi) is 15.4. The topological polar surface area (TPSA) is 139 Å². The average molecular weight is 360 g/mol. The van der Waals surface area contributed by atoms with E-state index in [1.165, 1.54) is 0 Å². The molecular weight excluding hydrogens is 349 g/mol. The van der Waals surface area contributed by atoms with Gasteiger partial charge in [0.1, 0.15) is 0 Å². The first-order chi connectivity index (χ1) is 8.56. The fraction of sp³-hybridized carbons (Fsp3) is 0.625. The third kappa shape index (κ3) is 15.2. The van der Waals surface area contributed by atoms with Crippen molar-refractivity contribution < 1.29 is 42.5 Å². The summed E-state index contributed by atoms with van der Waals surface area (Å²) in [7, 11) is 0. The van der Waals surface area contributed by atoms with Crippen LogP contribution < -0.4 is 10.2 Å². The van der Waals surface area contributed by atoms with Crippen molar-refractivity contribution in [1.29, 1.82) is 0 Å². The number of hydrogen-bond donors (Lipinski definition) is 1. The molecule has 0 aliphatic heterocycles. The molecule has 0 unspecified atom stereocenters. The molecule has 1 N–H and O–H groups in total. The zero-order valence-corrected chi connectivity index (χ0v) is 11.9. The molecule has 0 amide bonds. The van der Waals surface area contributed by atoms with Crippen LogP contribution in [-0.4, -0.2) is 54.8 Å². The number of carbonyl (C=O) groups is 1. The number of carboxylic acid groups (broad SMARTS) is 1. The third-order valence-electron chi connectivity index (χ3n) is 1.31. The predicted octanol–water partition coefficient (Wildman–Crippen LogP) is -2.61. The van der Waals surface area contributed by atoms with Crippen LogP contribution in [0.4, 0.5) is 0 Å². The van der Waals surface area contributed by atoms with Crippen molar-refractivity contribution in [2.75, 3.05) is 31.9 Å². The summed E-state index contributed by atoms with van der Waals surface area (Å²) in [4.78, 5) is 16.9. The summed E-state index contributed by atoms with van der Waals surface area (Å²) in [6.45, 7) is -0.354. The van der Waals surface area contributed by atoms with E-state index in [0.717, 1.165) is 18.9 Å². The van der Waals surface area contributed by atoms with Crippen LogP contribution in [0.1, 0.15) is 0 Å². The Morgan fingerprint density at radius 2 is 1.89 bits per heavy atom. The van der Waals surface area contributed by atoms with E-state index in [9.17, 15) is 15.0 Å². The standard InChI is InChI=1S/C8H14N3O4S.O.Tc/c12-6(3-11-7(13)5-16)10-2-1-9-4-8(14)15;;/h16H,1-5H2,(H,10,12)(H,11,13)(H,14,15);;/q-1;;+4/p-3/i;;1+1. The molecule has 0 saturated heterocycles. The monoisotopic (exact) mass is 360 g/mol. The molecule has 0 radical (unpaired) electrons. The van der Waals surface area contributed by atoms with E-state index < -0.39 is 17.8 Å². The van der Waals surface area contributed by atoms with Crippen molar-refractivity contribution in [2.24, 2.45) is 9.98 Å². The molecule has 0 aromatic carbocycles. The number of rotatable bonds is 8. The van der Waals surface area contributed by atoms with Gasteiger partial charge >= 0.3 is 22.4 Å². The van der Waals surface area contributed by atoms with Crippen LogP contribution in [0, 0.1) is 0 Å². The number of aliphatic imine (C=N–C) groups is 2. The van der Waals surface area contributed by atoms with Crippen molar-refractivity contribution in [1.82, 2.24) is 0 Å². The van der Waals surface area contributed by atoms with E-state index in [1.54, 1.807) is 0 Å². The second kappa shape index (κ2) is 14.2. The minimum absolute atomic E-state index is 0.101. The van der Waals surface area contributed by atoms with Crippen molar-refractivity contribution in [3.05, 3.63) is 5.32 Å². The van der Waals surface area contributed by atoms with Crippen LogP contribution in [0.2, 0.25) is 0 Å². The molecule has 0 aliphatic carbocycles. The third-order valence-corrected chi connectivity index (χ3v) is 1.55. The van der Waals surface area contributed by atoms with Gasteiger partial charge in [-0.3, -0.25) is 4.79 Å². The Labute approximate surface area is 120 Å². The normalized spacial score (nSPS) is 11.7. The molecule has 0 rings (SSSR count). The van der Waals surface area contributed by atoms with Crippen LogP contribution >= 0.6 is 0 Å². The Morgan fingerprint density at radius 3 is 2.39 bits per heavy atom. The molecule has 0 saturated carbocycles. The minimum atomic E-state index is -1.03. The van der Waals surface area contributed by atoms with Gasteiger partial charge in [0.25, 0.3) is 5.97 Å². The van der Waals surface area contributed by atoms with Gasteiger partial charge in [-0.1, -0.05) is 5.90 Å². The van der Waals surface area contributed by atoms with Gasteiger partial charge in [-0.05, 0) is 12.4 Å². The molecule has 0 spiro atoms. The fourth-order valence-electron chi connectivity index (χ4n) is 0.672. The summed E-state index contributed by atoms with van der Waals surface area (Å²) in [5.41, 5.74) is 0. The zero-order chi connectivity index (χ0) is 14.4. The quantitative estimate of drug-likeness (QED) is 0.218. The second-order valence-electron chi connectivity index (χ2n) is 2.63. The van der Waals surface area contributed by atoms with Crippen molar-refractivity contribution in [3.8, 4) is 0 Å². The summed E-state index contributed by atoms with van der Waals surface area (Å²) < 4.78 is 8.22. The van der Waals surface area contributed by atoms with Crippen LogP contribution in [-0.2, 0) is 39.8 Å². The van der Waals surface area contributed by atoms with Gasteiger partial charge in [-0.15, -0.1) is 12.3 Å². The second-order valence-corrected chi connectivity index (χ2v) is 2.92. The van der Waals surface area contributed by atoms with E-state index >= 15 is 0 Å². The van der Waals surface area contributed by atoms with Crippen LogP contribution in [0.15, 0.2) is 9.98 Å². The van der Waals surface area contributed by atoms with E-state index in [1.807, 2.05) is 0 Å². The maximum atomic E-state index is 11.0. The number of hydrogen-bond acceptors (Lipinski definition) is 7. The Morgan fingerprint density at radius 1 is 1.28 bits per heavy atom. The van der Waals surface area contributed by atoms with Crippen molar-refractivity contribution in [3.63, 3.8) is 0 Å². The molecule has 0 atom stereocenters. The maximum absolute atomic E-state index is 11.0. The van der Waals surface area contributed by atoms with Crippen LogP contribution in [0.5, 0.6) is 0 Å². The average Bonchev–Trinajstić information content (AvgIpc) is 2.37. The predicted molar refractivity (Wildman–Crippen MR) is 58.3 cm³/mol. The summed E-state index contributed by atoms with van der Waals surface area (Å²) in [6.07, 6.45) is 0. The molecule has 8 nitrogen and oxygen atoms in total. The van der Waals surface area contributed by atoms with Crippen molar-refractivity contribution in [2.45, 2.75) is 0 Å². The Balaban J connectivity index is 0. The van der Waals surface area contributed by atoms with Crippen LogP contribution in [0.25, 0.3) is 5.32 Å². The molecule has 18 heavy (non-hydrogen) atoms. The van der Waals surface area contributed by atoms with Gasteiger partial charge in [0.05, 0.1) is 6.54 Å². The number of carboxylic acids is 1. The van der Waals surface area contributed by atoms with Gasteiger partial charge in [-0.2, -0.15) is 0 Å². The molecule has 0 heterocycles. The SMILES string of the molecule is O=C(O)C[N-]CCN=C([O-])CN=C([O-])C[S-].[O]=[99Tc+4]. The van der Waals surface area contributed by atoms with Crippen LogP contribution in [0.3, 0.4) is 0 Å². The Bertz CT molecular complexity index is 300. The zero-order valence-electron chi connectivity index (χ0n) is 9.24. The fourth-order valence-corrected chi connectivity index (χ4v) is 0.763. The molecule has 0 aliphatic rings. The molecule has 0 aromatic rings. The number of aliphatic carboxylic acids is 1. The summed E-state index contributed by atoms with van der Waals surface area (Å²) >= 11 is 5.32. The van der Waals surface area contributed by atoms with E-state index in [4.69, 9.17) is 8.61 Å². The van der Waals surface area contributed by atoms with E-state index in [2.05, 4.69) is 27.9 Å². The molecular formula is C8H11N3O5STc. The first-order valence-corrected chi connectivity index (χ1v) is 5.89. The van der Waals surface area contributed by atoms with E-state index in [-0.39, 0.29) is 31.9 Å². The first kappa shape index (κ1) is 19.5. The summed E-state index contributed by atoms with van der Waals surface area (Å²) in [5, 5.41) is 33.4. The molecule has 101 valence electrons. The first-order valence-electron chi connectivity index (χ1n) is 4.55. The van der Waals surface area contributed by atoms with E-state index in [0.29, 0.717) is 0 Å². The van der Waals surface area contributed by atoms with Gasteiger partial charge in [0, 0.05) is 6.54 Å². The van der Waals surface area contributed by atoms with Gasteiger partial charge in [0.2, 0.25) is 0 Å². The van der Waals surface area contributed by atoms with Gasteiger partial charge < -0.3 is 43.2 Å².